The Morgan fingerprint density at radius 1 is 1.33 bits per heavy atom. The zero-order valence-corrected chi connectivity index (χ0v) is 9.43. The molecule has 2 amide bonds. The molecule has 1 aromatic rings. The van der Waals surface area contributed by atoms with Gasteiger partial charge in [0.05, 0.1) is 12.8 Å². The molecule has 0 fully saturated rings. The molecule has 0 spiro atoms. The van der Waals surface area contributed by atoms with E-state index < -0.39 is 31.1 Å². The monoisotopic (exact) mass is 264 g/mol. The van der Waals surface area contributed by atoms with Gasteiger partial charge in [0.25, 0.3) is 5.91 Å². The molecule has 0 saturated carbocycles. The molecule has 0 radical (unpaired) electrons. The second-order valence-electron chi connectivity index (χ2n) is 3.51. The van der Waals surface area contributed by atoms with Gasteiger partial charge >= 0.3 is 6.18 Å². The van der Waals surface area contributed by atoms with Crippen molar-refractivity contribution in [1.29, 1.82) is 0 Å². The van der Waals surface area contributed by atoms with Crippen LogP contribution in [0.2, 0.25) is 0 Å². The Morgan fingerprint density at radius 2 is 2.00 bits per heavy atom. The number of halogens is 3. The largest absolute Gasteiger partial charge is 0.459 e. The first-order chi connectivity index (χ1) is 8.29. The summed E-state index contributed by atoms with van der Waals surface area (Å²) in [5, 5.41) is 3.78. The van der Waals surface area contributed by atoms with Crippen molar-refractivity contribution in [1.82, 2.24) is 10.6 Å². The maximum atomic E-state index is 11.8. The minimum Gasteiger partial charge on any atom is -0.459 e. The summed E-state index contributed by atoms with van der Waals surface area (Å²) in [4.78, 5) is 22.4. The smallest absolute Gasteiger partial charge is 0.405 e. The van der Waals surface area contributed by atoms with Crippen molar-refractivity contribution in [3.05, 3.63) is 23.7 Å². The van der Waals surface area contributed by atoms with Gasteiger partial charge in [-0.05, 0) is 13.0 Å². The third-order valence-corrected chi connectivity index (χ3v) is 1.96. The van der Waals surface area contributed by atoms with E-state index in [0.29, 0.717) is 5.56 Å². The van der Waals surface area contributed by atoms with Gasteiger partial charge in [0.15, 0.2) is 5.76 Å². The van der Waals surface area contributed by atoms with Crippen molar-refractivity contribution in [3.8, 4) is 0 Å². The number of carbonyl (C=O) groups is 2. The van der Waals surface area contributed by atoms with Crippen LogP contribution < -0.4 is 10.6 Å². The van der Waals surface area contributed by atoms with Gasteiger partial charge in [-0.25, -0.2) is 0 Å². The van der Waals surface area contributed by atoms with Crippen LogP contribution in [0.3, 0.4) is 0 Å². The molecule has 1 aromatic heterocycles. The predicted molar refractivity (Wildman–Crippen MR) is 54.8 cm³/mol. The van der Waals surface area contributed by atoms with E-state index in [1.807, 2.05) is 0 Å². The molecule has 0 aliphatic carbocycles. The first-order valence-corrected chi connectivity index (χ1v) is 4.95. The van der Waals surface area contributed by atoms with Crippen LogP contribution in [0.5, 0.6) is 0 Å². The highest BCUT2D eigenvalue weighted by atomic mass is 19.4. The molecule has 0 saturated heterocycles. The maximum absolute atomic E-state index is 11.8. The second kappa shape index (κ2) is 5.56. The zero-order chi connectivity index (χ0) is 13.8. The number of nitrogens with one attached hydrogen (secondary N) is 2. The summed E-state index contributed by atoms with van der Waals surface area (Å²) in [7, 11) is 0. The lowest BCUT2D eigenvalue weighted by atomic mass is 10.3. The Morgan fingerprint density at radius 3 is 2.50 bits per heavy atom. The van der Waals surface area contributed by atoms with Gasteiger partial charge in [0.1, 0.15) is 6.54 Å². The molecule has 2 N–H and O–H groups in total. The van der Waals surface area contributed by atoms with Crippen LogP contribution in [0, 0.1) is 6.92 Å². The molecule has 0 aliphatic heterocycles. The van der Waals surface area contributed by atoms with Crippen molar-refractivity contribution in [2.24, 2.45) is 0 Å². The number of furan rings is 1. The fraction of sp³-hybridized carbons (Fsp3) is 0.400. The fourth-order valence-electron chi connectivity index (χ4n) is 1.11. The van der Waals surface area contributed by atoms with E-state index in [1.54, 1.807) is 18.3 Å². The van der Waals surface area contributed by atoms with E-state index in [-0.39, 0.29) is 5.76 Å². The molecule has 0 aliphatic rings. The van der Waals surface area contributed by atoms with E-state index in [0.717, 1.165) is 0 Å². The fourth-order valence-corrected chi connectivity index (χ4v) is 1.11. The molecule has 0 bridgehead atoms. The number of hydrogen-bond donors (Lipinski definition) is 2. The molecule has 100 valence electrons. The summed E-state index contributed by atoms with van der Waals surface area (Å²) in [6.45, 7) is -0.349. The number of aryl methyl sites for hydroxylation is 1. The van der Waals surface area contributed by atoms with Crippen molar-refractivity contribution in [3.63, 3.8) is 0 Å². The molecular weight excluding hydrogens is 253 g/mol. The van der Waals surface area contributed by atoms with Crippen LogP contribution in [0.4, 0.5) is 13.2 Å². The standard InChI is InChI=1S/C10H11F3N2O3/c1-6-2-3-18-8(6)9(17)14-4-7(16)15-5-10(11,12)13/h2-3H,4-5H2,1H3,(H,14,17)(H,15,16). The maximum Gasteiger partial charge on any atom is 0.405 e. The number of rotatable bonds is 4. The average Bonchev–Trinajstić information content (AvgIpc) is 2.68. The topological polar surface area (TPSA) is 71.3 Å². The van der Waals surface area contributed by atoms with Crippen LogP contribution in [0.1, 0.15) is 16.1 Å². The first kappa shape index (κ1) is 14.1. The summed E-state index contributed by atoms with van der Waals surface area (Å²) in [6, 6.07) is 1.55. The Bertz CT molecular complexity index is 440. The molecule has 0 aromatic carbocycles. The summed E-state index contributed by atoms with van der Waals surface area (Å²) < 4.78 is 40.2. The lowest BCUT2D eigenvalue weighted by Crippen LogP contribution is -2.40. The number of carbonyl (C=O) groups excluding carboxylic acids is 2. The SMILES string of the molecule is Cc1ccoc1C(=O)NCC(=O)NCC(F)(F)F. The van der Waals surface area contributed by atoms with Crippen LogP contribution in [0.25, 0.3) is 0 Å². The van der Waals surface area contributed by atoms with Crippen molar-refractivity contribution in [2.75, 3.05) is 13.1 Å². The Hall–Kier alpha value is -1.99. The molecule has 0 unspecified atom stereocenters. The van der Waals surface area contributed by atoms with E-state index in [2.05, 4.69) is 5.32 Å². The van der Waals surface area contributed by atoms with Gasteiger partial charge in [-0.3, -0.25) is 9.59 Å². The third-order valence-electron chi connectivity index (χ3n) is 1.96. The van der Waals surface area contributed by atoms with Gasteiger partial charge in [-0.1, -0.05) is 0 Å². The van der Waals surface area contributed by atoms with Crippen molar-refractivity contribution >= 4 is 11.8 Å². The molecule has 0 atom stereocenters. The lowest BCUT2D eigenvalue weighted by molar-refractivity contribution is -0.137. The number of hydrogen-bond acceptors (Lipinski definition) is 3. The van der Waals surface area contributed by atoms with Gasteiger partial charge in [-0.15, -0.1) is 0 Å². The average molecular weight is 264 g/mol. The minimum absolute atomic E-state index is 0.0265. The second-order valence-corrected chi connectivity index (χ2v) is 3.51. The van der Waals surface area contributed by atoms with E-state index >= 15 is 0 Å². The Kier molecular flexibility index (Phi) is 4.35. The molecular formula is C10H11F3N2O3. The van der Waals surface area contributed by atoms with Crippen LogP contribution in [-0.2, 0) is 4.79 Å². The Balaban J connectivity index is 2.35. The highest BCUT2D eigenvalue weighted by Crippen LogP contribution is 2.12. The number of amides is 2. The summed E-state index contributed by atoms with van der Waals surface area (Å²) >= 11 is 0. The van der Waals surface area contributed by atoms with Gasteiger partial charge in [0.2, 0.25) is 5.91 Å². The number of alkyl halides is 3. The van der Waals surface area contributed by atoms with Gasteiger partial charge in [-0.2, -0.15) is 13.2 Å². The molecule has 1 rings (SSSR count). The Labute approximate surface area is 100 Å². The van der Waals surface area contributed by atoms with Crippen molar-refractivity contribution < 1.29 is 27.2 Å². The quantitative estimate of drug-likeness (QED) is 0.852. The molecule has 5 nitrogen and oxygen atoms in total. The molecule has 18 heavy (non-hydrogen) atoms. The van der Waals surface area contributed by atoms with Crippen LogP contribution in [0.15, 0.2) is 16.7 Å². The van der Waals surface area contributed by atoms with Gasteiger partial charge in [0, 0.05) is 5.56 Å². The third kappa shape index (κ3) is 4.48. The normalized spacial score (nSPS) is 11.1. The first-order valence-electron chi connectivity index (χ1n) is 4.95. The highest BCUT2D eigenvalue weighted by molar-refractivity contribution is 5.95. The van der Waals surface area contributed by atoms with E-state index in [1.165, 1.54) is 6.26 Å². The van der Waals surface area contributed by atoms with E-state index in [4.69, 9.17) is 4.42 Å². The highest BCUT2D eigenvalue weighted by Gasteiger charge is 2.27. The summed E-state index contributed by atoms with van der Waals surface area (Å²) in [5.74, 6) is -1.55. The minimum atomic E-state index is -4.47. The summed E-state index contributed by atoms with van der Waals surface area (Å²) in [5.41, 5.74) is 0.572. The predicted octanol–water partition coefficient (Wildman–Crippen LogP) is 0.996. The van der Waals surface area contributed by atoms with E-state index in [9.17, 15) is 22.8 Å². The lowest BCUT2D eigenvalue weighted by Gasteiger charge is -2.08. The zero-order valence-electron chi connectivity index (χ0n) is 9.43. The summed E-state index contributed by atoms with van der Waals surface area (Å²) in [6.07, 6.45) is -3.18. The van der Waals surface area contributed by atoms with Crippen LogP contribution in [-0.4, -0.2) is 31.1 Å². The van der Waals surface area contributed by atoms with Crippen LogP contribution >= 0.6 is 0 Å². The molecule has 8 heteroatoms. The van der Waals surface area contributed by atoms with Gasteiger partial charge < -0.3 is 15.1 Å². The van der Waals surface area contributed by atoms with Crippen molar-refractivity contribution in [2.45, 2.75) is 13.1 Å². The molecule has 1 heterocycles.